The maximum atomic E-state index is 12.9. The molecule has 1 heterocycles. The van der Waals surface area contributed by atoms with Gasteiger partial charge in [-0.05, 0) is 56.3 Å². The van der Waals surface area contributed by atoms with Crippen LogP contribution >= 0.6 is 15.9 Å². The number of halogens is 1. The molecular formula is C21H22BrN3O4S. The molecule has 3 aromatic rings. The summed E-state index contributed by atoms with van der Waals surface area (Å²) in [6, 6.07) is 14.4. The fourth-order valence-corrected chi connectivity index (χ4v) is 4.06. The van der Waals surface area contributed by atoms with Gasteiger partial charge in [-0.1, -0.05) is 15.9 Å². The predicted octanol–water partition coefficient (Wildman–Crippen LogP) is 4.49. The molecule has 0 fully saturated rings. The zero-order valence-corrected chi connectivity index (χ0v) is 19.4. The lowest BCUT2D eigenvalue weighted by Gasteiger charge is -2.13. The summed E-state index contributed by atoms with van der Waals surface area (Å²) in [6.07, 6.45) is 1.06. The minimum atomic E-state index is -3.45. The topological polar surface area (TPSA) is 89.4 Å². The van der Waals surface area contributed by atoms with Gasteiger partial charge in [0.1, 0.15) is 5.75 Å². The molecule has 7 nitrogen and oxygen atoms in total. The summed E-state index contributed by atoms with van der Waals surface area (Å²) >= 11 is 3.43. The molecule has 0 saturated heterocycles. The summed E-state index contributed by atoms with van der Waals surface area (Å²) in [6.45, 7) is 3.84. The second-order valence-corrected chi connectivity index (χ2v) is 9.50. The van der Waals surface area contributed by atoms with Crippen molar-refractivity contribution in [2.24, 2.45) is 0 Å². The number of methoxy groups -OCH3 is 1. The van der Waals surface area contributed by atoms with Crippen LogP contribution in [0.2, 0.25) is 0 Å². The largest absolute Gasteiger partial charge is 0.494 e. The first kappa shape index (κ1) is 21.9. The number of carbonyl (C=O) groups excluding carboxylic acids is 1. The Hall–Kier alpha value is -2.78. The van der Waals surface area contributed by atoms with Crippen LogP contribution in [0.4, 0.5) is 11.4 Å². The van der Waals surface area contributed by atoms with Crippen molar-refractivity contribution in [3.8, 4) is 11.4 Å². The molecule has 0 radical (unpaired) electrons. The van der Waals surface area contributed by atoms with Crippen molar-refractivity contribution in [2.75, 3.05) is 23.4 Å². The Morgan fingerprint density at radius 3 is 2.33 bits per heavy atom. The molecule has 30 heavy (non-hydrogen) atoms. The first-order chi connectivity index (χ1) is 14.1. The zero-order valence-electron chi connectivity index (χ0n) is 17.0. The molecule has 0 aliphatic heterocycles. The predicted molar refractivity (Wildman–Crippen MR) is 122 cm³/mol. The highest BCUT2D eigenvalue weighted by Gasteiger charge is 2.18. The number of nitrogens with one attached hydrogen (secondary N) is 2. The van der Waals surface area contributed by atoms with Crippen molar-refractivity contribution in [2.45, 2.75) is 13.8 Å². The number of amides is 1. The smallest absolute Gasteiger partial charge is 0.257 e. The number of anilines is 2. The Labute approximate surface area is 184 Å². The van der Waals surface area contributed by atoms with Crippen molar-refractivity contribution >= 4 is 43.2 Å². The second kappa shape index (κ2) is 8.53. The Kier molecular flexibility index (Phi) is 6.23. The average Bonchev–Trinajstić information content (AvgIpc) is 2.97. The fraction of sp³-hybridized carbons (Fsp3) is 0.190. The molecule has 0 aliphatic carbocycles. The van der Waals surface area contributed by atoms with Crippen molar-refractivity contribution in [3.05, 3.63) is 70.0 Å². The molecule has 0 atom stereocenters. The highest BCUT2D eigenvalue weighted by Crippen LogP contribution is 2.29. The molecule has 158 valence electrons. The minimum Gasteiger partial charge on any atom is -0.494 e. The van der Waals surface area contributed by atoms with Crippen molar-refractivity contribution in [3.63, 3.8) is 0 Å². The van der Waals surface area contributed by atoms with E-state index in [2.05, 4.69) is 26.0 Å². The van der Waals surface area contributed by atoms with E-state index in [9.17, 15) is 13.2 Å². The molecule has 0 unspecified atom stereocenters. The highest BCUT2D eigenvalue weighted by molar-refractivity contribution is 9.10. The normalized spacial score (nSPS) is 11.2. The van der Waals surface area contributed by atoms with Crippen LogP contribution in [0.5, 0.6) is 5.75 Å². The van der Waals surface area contributed by atoms with Crippen molar-refractivity contribution < 1.29 is 17.9 Å². The Balaban J connectivity index is 1.88. The van der Waals surface area contributed by atoms with Crippen LogP contribution in [-0.2, 0) is 10.0 Å². The standard InChI is InChI=1S/C21H22BrN3O4S/c1-13-11-18(14(2)25(13)17-8-5-15(22)6-9-17)21(26)23-16-7-10-19(20(12-16)29-3)24-30(4,27)28/h5-12,24H,1-4H3,(H,23,26). The second-order valence-electron chi connectivity index (χ2n) is 6.84. The maximum absolute atomic E-state index is 12.9. The van der Waals surface area contributed by atoms with Gasteiger partial charge in [-0.15, -0.1) is 0 Å². The van der Waals surface area contributed by atoms with E-state index in [1.807, 2.05) is 48.7 Å². The van der Waals surface area contributed by atoms with E-state index in [-0.39, 0.29) is 5.91 Å². The number of hydrogen-bond donors (Lipinski definition) is 2. The Morgan fingerprint density at radius 1 is 1.07 bits per heavy atom. The van der Waals surface area contributed by atoms with Gasteiger partial charge in [-0.25, -0.2) is 8.42 Å². The lowest BCUT2D eigenvalue weighted by Crippen LogP contribution is -2.14. The summed E-state index contributed by atoms with van der Waals surface area (Å²) in [5, 5.41) is 2.85. The first-order valence-electron chi connectivity index (χ1n) is 9.01. The number of ether oxygens (including phenoxy) is 1. The lowest BCUT2D eigenvalue weighted by molar-refractivity contribution is 0.102. The molecule has 2 aromatic carbocycles. The van der Waals surface area contributed by atoms with Gasteiger partial charge in [0.05, 0.1) is 24.6 Å². The summed E-state index contributed by atoms with van der Waals surface area (Å²) in [7, 11) is -2.02. The summed E-state index contributed by atoms with van der Waals surface area (Å²) in [5.41, 5.74) is 4.05. The number of aryl methyl sites for hydroxylation is 1. The van der Waals surface area contributed by atoms with Gasteiger partial charge >= 0.3 is 0 Å². The van der Waals surface area contributed by atoms with E-state index < -0.39 is 10.0 Å². The number of rotatable bonds is 6. The molecule has 9 heteroatoms. The van der Waals surface area contributed by atoms with Crippen LogP contribution in [0, 0.1) is 13.8 Å². The van der Waals surface area contributed by atoms with Gasteiger partial charge in [-0.3, -0.25) is 9.52 Å². The van der Waals surface area contributed by atoms with Crippen LogP contribution in [0.1, 0.15) is 21.7 Å². The van der Waals surface area contributed by atoms with Crippen LogP contribution in [0.25, 0.3) is 5.69 Å². The molecule has 0 saturated carbocycles. The molecular weight excluding hydrogens is 470 g/mol. The number of sulfonamides is 1. The molecule has 3 rings (SSSR count). The van der Waals surface area contributed by atoms with E-state index in [4.69, 9.17) is 4.74 Å². The third kappa shape index (κ3) is 4.85. The number of aromatic nitrogens is 1. The monoisotopic (exact) mass is 491 g/mol. The molecule has 0 aliphatic rings. The van der Waals surface area contributed by atoms with Crippen molar-refractivity contribution in [1.29, 1.82) is 0 Å². The van der Waals surface area contributed by atoms with Crippen LogP contribution in [-0.4, -0.2) is 32.3 Å². The average molecular weight is 492 g/mol. The molecule has 2 N–H and O–H groups in total. The zero-order chi connectivity index (χ0) is 22.1. The number of hydrogen-bond acceptors (Lipinski definition) is 4. The number of nitrogens with zero attached hydrogens (tertiary/aromatic N) is 1. The van der Waals surface area contributed by atoms with Gasteiger partial charge in [-0.2, -0.15) is 0 Å². The summed E-state index contributed by atoms with van der Waals surface area (Å²) in [4.78, 5) is 12.9. The third-order valence-electron chi connectivity index (χ3n) is 4.52. The molecule has 1 amide bonds. The van der Waals surface area contributed by atoms with Gasteiger partial charge in [0.2, 0.25) is 10.0 Å². The third-order valence-corrected chi connectivity index (χ3v) is 5.63. The van der Waals surface area contributed by atoms with Gasteiger partial charge in [0, 0.05) is 33.3 Å². The van der Waals surface area contributed by atoms with Crippen LogP contribution in [0.15, 0.2) is 53.0 Å². The number of benzene rings is 2. The quantitative estimate of drug-likeness (QED) is 0.531. The molecule has 0 bridgehead atoms. The van der Waals surface area contributed by atoms with E-state index in [1.165, 1.54) is 7.11 Å². The van der Waals surface area contributed by atoms with E-state index in [1.54, 1.807) is 18.2 Å². The SMILES string of the molecule is COc1cc(NC(=O)c2cc(C)n(-c3ccc(Br)cc3)c2C)ccc1NS(C)(=O)=O. The van der Waals surface area contributed by atoms with Gasteiger partial charge in [0.25, 0.3) is 5.91 Å². The van der Waals surface area contributed by atoms with Crippen LogP contribution < -0.4 is 14.8 Å². The van der Waals surface area contributed by atoms with Crippen LogP contribution in [0.3, 0.4) is 0 Å². The highest BCUT2D eigenvalue weighted by atomic mass is 79.9. The Bertz CT molecular complexity index is 1200. The van der Waals surface area contributed by atoms with E-state index >= 15 is 0 Å². The Morgan fingerprint density at radius 2 is 1.73 bits per heavy atom. The van der Waals surface area contributed by atoms with Gasteiger partial charge < -0.3 is 14.6 Å². The van der Waals surface area contributed by atoms with E-state index in [0.717, 1.165) is 27.8 Å². The maximum Gasteiger partial charge on any atom is 0.257 e. The summed E-state index contributed by atoms with van der Waals surface area (Å²) < 4.78 is 33.6. The molecule has 0 spiro atoms. The lowest BCUT2D eigenvalue weighted by atomic mass is 10.2. The molecule has 1 aromatic heterocycles. The minimum absolute atomic E-state index is 0.266. The van der Waals surface area contributed by atoms with Crippen molar-refractivity contribution in [1.82, 2.24) is 4.57 Å². The first-order valence-corrected chi connectivity index (χ1v) is 11.7. The van der Waals surface area contributed by atoms with Gasteiger partial charge in [0.15, 0.2) is 0 Å². The fourth-order valence-electron chi connectivity index (χ4n) is 3.23. The number of carbonyl (C=O) groups is 1. The van der Waals surface area contributed by atoms with E-state index in [0.29, 0.717) is 22.7 Å². The summed E-state index contributed by atoms with van der Waals surface area (Å²) in [5.74, 6) is 0.0379.